The Morgan fingerprint density at radius 1 is 1.75 bits per heavy atom. The van der Waals surface area contributed by atoms with E-state index in [4.69, 9.17) is 4.74 Å². The van der Waals surface area contributed by atoms with E-state index >= 15 is 0 Å². The van der Waals surface area contributed by atoms with Crippen molar-refractivity contribution in [3.8, 4) is 0 Å². The van der Waals surface area contributed by atoms with E-state index < -0.39 is 11.6 Å². The van der Waals surface area contributed by atoms with E-state index in [1.165, 1.54) is 0 Å². The van der Waals surface area contributed by atoms with Crippen LogP contribution in [0.3, 0.4) is 0 Å². The number of esters is 1. The van der Waals surface area contributed by atoms with Gasteiger partial charge in [-0.3, -0.25) is 0 Å². The van der Waals surface area contributed by atoms with Gasteiger partial charge >= 0.3 is 5.97 Å². The number of thioether (sulfide) groups is 1. The summed E-state index contributed by atoms with van der Waals surface area (Å²) in [6, 6.07) is 0. The van der Waals surface area contributed by atoms with Crippen LogP contribution in [-0.4, -0.2) is 28.2 Å². The largest absolute Gasteiger partial charge is 0.458 e. The lowest BCUT2D eigenvalue weighted by atomic mass is 9.81. The number of fused-ring (bicyclic) bond motifs is 1. The number of alkyl halides is 1. The second kappa shape index (κ2) is 1.81. The van der Waals surface area contributed by atoms with Crippen molar-refractivity contribution < 1.29 is 13.9 Å². The molecule has 5 unspecified atom stereocenters. The average molecular weight is 188 g/mol. The highest BCUT2D eigenvalue weighted by molar-refractivity contribution is 8.01. The highest BCUT2D eigenvalue weighted by atomic mass is 32.2. The molecule has 2 nitrogen and oxygen atoms in total. The summed E-state index contributed by atoms with van der Waals surface area (Å²) in [5.74, 6) is -0.271. The zero-order chi connectivity index (χ0) is 8.51. The van der Waals surface area contributed by atoms with Crippen LogP contribution in [0.1, 0.15) is 13.3 Å². The minimum absolute atomic E-state index is 0.147. The second-order valence-corrected chi connectivity index (χ2v) is 5.28. The minimum Gasteiger partial charge on any atom is -0.458 e. The highest BCUT2D eigenvalue weighted by Crippen LogP contribution is 2.60. The van der Waals surface area contributed by atoms with E-state index in [2.05, 4.69) is 0 Å². The van der Waals surface area contributed by atoms with Crippen LogP contribution in [0.15, 0.2) is 0 Å². The molecule has 0 aromatic rings. The van der Waals surface area contributed by atoms with Crippen molar-refractivity contribution in [1.82, 2.24) is 0 Å². The van der Waals surface area contributed by atoms with Gasteiger partial charge in [-0.15, -0.1) is 11.8 Å². The van der Waals surface area contributed by atoms with Crippen molar-refractivity contribution in [3.05, 3.63) is 0 Å². The van der Waals surface area contributed by atoms with E-state index in [-0.39, 0.29) is 11.4 Å². The molecular formula is C8H9FO2S. The molecule has 3 aliphatic heterocycles. The summed E-state index contributed by atoms with van der Waals surface area (Å²) < 4.78 is 18.9. The summed E-state index contributed by atoms with van der Waals surface area (Å²) in [7, 11) is 0. The fourth-order valence-corrected chi connectivity index (χ4v) is 4.46. The monoisotopic (exact) mass is 188 g/mol. The molecule has 4 heteroatoms. The Morgan fingerprint density at radius 3 is 3.08 bits per heavy atom. The molecule has 3 rings (SSSR count). The Bertz CT molecular complexity index is 270. The first-order valence-corrected chi connectivity index (χ1v) is 5.12. The number of hydrogen-bond donors (Lipinski definition) is 0. The van der Waals surface area contributed by atoms with E-state index in [1.54, 1.807) is 11.8 Å². The first-order valence-electron chi connectivity index (χ1n) is 4.18. The topological polar surface area (TPSA) is 26.3 Å². The molecule has 12 heavy (non-hydrogen) atoms. The van der Waals surface area contributed by atoms with Crippen LogP contribution in [0.2, 0.25) is 0 Å². The quantitative estimate of drug-likeness (QED) is 0.533. The Morgan fingerprint density at radius 2 is 2.50 bits per heavy atom. The predicted molar refractivity (Wildman–Crippen MR) is 42.7 cm³/mol. The molecule has 0 aromatic heterocycles. The second-order valence-electron chi connectivity index (χ2n) is 3.89. The summed E-state index contributed by atoms with van der Waals surface area (Å²) in [5.41, 5.74) is -1.63. The zero-order valence-corrected chi connectivity index (χ0v) is 7.44. The maximum atomic E-state index is 13.8. The van der Waals surface area contributed by atoms with E-state index in [0.29, 0.717) is 17.6 Å². The molecule has 2 bridgehead atoms. The molecular weight excluding hydrogens is 179 g/mol. The third-order valence-corrected chi connectivity index (χ3v) is 5.14. The van der Waals surface area contributed by atoms with Crippen molar-refractivity contribution >= 4 is 17.7 Å². The van der Waals surface area contributed by atoms with Crippen LogP contribution in [0.4, 0.5) is 4.39 Å². The molecule has 66 valence electrons. The maximum Gasteiger partial charge on any atom is 0.345 e. The lowest BCUT2D eigenvalue weighted by Gasteiger charge is -2.22. The summed E-state index contributed by atoms with van der Waals surface area (Å²) in [6.45, 7) is 2.04. The van der Waals surface area contributed by atoms with Crippen LogP contribution in [0.5, 0.6) is 0 Å². The molecule has 3 saturated heterocycles. The van der Waals surface area contributed by atoms with Crippen LogP contribution < -0.4 is 0 Å². The van der Waals surface area contributed by atoms with Crippen LogP contribution in [0.25, 0.3) is 0 Å². The summed E-state index contributed by atoms with van der Waals surface area (Å²) in [4.78, 5) is 11.1. The lowest BCUT2D eigenvalue weighted by Crippen LogP contribution is -2.41. The van der Waals surface area contributed by atoms with Gasteiger partial charge in [0.15, 0.2) is 0 Å². The molecule has 3 aliphatic rings. The average Bonchev–Trinajstić information content (AvgIpc) is 2.53. The summed E-state index contributed by atoms with van der Waals surface area (Å²) >= 11 is 1.60. The van der Waals surface area contributed by atoms with Gasteiger partial charge in [-0.05, 0) is 0 Å². The number of carbonyl (C=O) groups excluding carboxylic acids is 1. The van der Waals surface area contributed by atoms with E-state index in [9.17, 15) is 9.18 Å². The number of halogens is 1. The molecule has 0 saturated carbocycles. The van der Waals surface area contributed by atoms with Crippen LogP contribution >= 0.6 is 11.8 Å². The fourth-order valence-electron chi connectivity index (χ4n) is 2.48. The zero-order valence-electron chi connectivity index (χ0n) is 6.62. The van der Waals surface area contributed by atoms with Crippen molar-refractivity contribution in [2.75, 3.05) is 0 Å². The SMILES string of the molecule is CC1C2CC3(F)C(=O)OC1C3S2. The van der Waals surface area contributed by atoms with Crippen molar-refractivity contribution in [2.24, 2.45) is 5.92 Å². The van der Waals surface area contributed by atoms with E-state index in [1.807, 2.05) is 6.92 Å². The fraction of sp³-hybridized carbons (Fsp3) is 0.875. The lowest BCUT2D eigenvalue weighted by molar-refractivity contribution is -0.149. The maximum absolute atomic E-state index is 13.8. The van der Waals surface area contributed by atoms with Gasteiger partial charge < -0.3 is 4.74 Å². The normalized spacial score (nSPS) is 61.0. The number of ether oxygens (including phenoxy) is 1. The van der Waals surface area contributed by atoms with Gasteiger partial charge in [0.1, 0.15) is 6.10 Å². The number of rotatable bonds is 0. The Hall–Kier alpha value is -0.250. The van der Waals surface area contributed by atoms with Crippen LogP contribution in [-0.2, 0) is 9.53 Å². The smallest absolute Gasteiger partial charge is 0.345 e. The van der Waals surface area contributed by atoms with Crippen molar-refractivity contribution in [1.29, 1.82) is 0 Å². The molecule has 0 N–H and O–H groups in total. The van der Waals surface area contributed by atoms with Gasteiger partial charge in [-0.2, -0.15) is 0 Å². The molecule has 0 aromatic carbocycles. The molecule has 3 fully saturated rings. The van der Waals surface area contributed by atoms with Crippen LogP contribution in [0, 0.1) is 5.92 Å². The first-order chi connectivity index (χ1) is 5.63. The Kier molecular flexibility index (Phi) is 1.08. The highest BCUT2D eigenvalue weighted by Gasteiger charge is 2.71. The standard InChI is InChI=1S/C8H9FO2S/c1-3-4-2-8(9)6(12-4)5(3)11-7(8)10/h3-6H,2H2,1H3. The van der Waals surface area contributed by atoms with E-state index in [0.717, 1.165) is 0 Å². The van der Waals surface area contributed by atoms with Gasteiger partial charge in [-0.1, -0.05) is 6.92 Å². The molecule has 0 spiro atoms. The summed E-state index contributed by atoms with van der Waals surface area (Å²) in [5, 5.41) is 0.0986. The van der Waals surface area contributed by atoms with Gasteiger partial charge in [0.25, 0.3) is 0 Å². The third-order valence-electron chi connectivity index (χ3n) is 3.26. The molecule has 0 radical (unpaired) electrons. The molecule has 0 aliphatic carbocycles. The molecule has 0 amide bonds. The number of hydrogen-bond acceptors (Lipinski definition) is 3. The number of carbonyl (C=O) groups is 1. The first kappa shape index (κ1) is 7.18. The van der Waals surface area contributed by atoms with Gasteiger partial charge in [0.05, 0.1) is 5.25 Å². The minimum atomic E-state index is -1.63. The Balaban J connectivity index is 2.09. The third kappa shape index (κ3) is 0.553. The Labute approximate surface area is 73.8 Å². The van der Waals surface area contributed by atoms with Gasteiger partial charge in [0.2, 0.25) is 5.67 Å². The van der Waals surface area contributed by atoms with Crippen molar-refractivity contribution in [2.45, 2.75) is 35.6 Å². The molecule has 3 heterocycles. The summed E-state index contributed by atoms with van der Waals surface area (Å²) in [6.07, 6.45) is 0.227. The van der Waals surface area contributed by atoms with Crippen molar-refractivity contribution in [3.63, 3.8) is 0 Å². The predicted octanol–water partition coefficient (Wildman–Crippen LogP) is 1.14. The van der Waals surface area contributed by atoms with Gasteiger partial charge in [-0.25, -0.2) is 9.18 Å². The van der Waals surface area contributed by atoms with Gasteiger partial charge in [0, 0.05) is 17.6 Å². The molecule has 5 atom stereocenters.